The van der Waals surface area contributed by atoms with Crippen LogP contribution in [0, 0.1) is 0 Å². The number of rotatable bonds is 11. The van der Waals surface area contributed by atoms with E-state index in [1.807, 2.05) is 0 Å². The Bertz CT molecular complexity index is 425. The number of aromatic carboxylic acids is 1. The minimum absolute atomic E-state index is 0.0899. The number of furan rings is 1. The quantitative estimate of drug-likeness (QED) is 0.628. The highest BCUT2D eigenvalue weighted by Crippen LogP contribution is 2.12. The van der Waals surface area contributed by atoms with Crippen molar-refractivity contribution in [2.75, 3.05) is 5.75 Å². The van der Waals surface area contributed by atoms with Crippen LogP contribution in [0.2, 0.25) is 0 Å². The number of hydrogen-bond donors (Lipinski definition) is 1. The van der Waals surface area contributed by atoms with Crippen LogP contribution in [0.5, 0.6) is 0 Å². The van der Waals surface area contributed by atoms with Crippen LogP contribution in [-0.2, 0) is 16.6 Å². The third-order valence-electron chi connectivity index (χ3n) is 3.15. The highest BCUT2D eigenvalue weighted by atomic mass is 32.2. The Morgan fingerprint density at radius 2 is 1.80 bits per heavy atom. The van der Waals surface area contributed by atoms with Gasteiger partial charge in [0, 0.05) is 16.6 Å². The second-order valence-electron chi connectivity index (χ2n) is 4.98. The SMILES string of the molecule is CCCCCCCCCS(=O)Cc1ccc(C(=O)O)o1. The molecule has 0 radical (unpaired) electrons. The molecule has 0 amide bonds. The second-order valence-corrected chi connectivity index (χ2v) is 6.56. The third-order valence-corrected chi connectivity index (χ3v) is 4.50. The van der Waals surface area contributed by atoms with Crippen LogP contribution in [0.4, 0.5) is 0 Å². The first-order valence-corrected chi connectivity index (χ1v) is 8.79. The molecular weight excluding hydrogens is 276 g/mol. The summed E-state index contributed by atoms with van der Waals surface area (Å²) >= 11 is 0. The largest absolute Gasteiger partial charge is 0.475 e. The predicted molar refractivity (Wildman–Crippen MR) is 80.4 cm³/mol. The van der Waals surface area contributed by atoms with Crippen LogP contribution in [0.3, 0.4) is 0 Å². The van der Waals surface area contributed by atoms with Crippen LogP contribution in [0.25, 0.3) is 0 Å². The molecular formula is C15H24O4S. The molecule has 0 fully saturated rings. The molecule has 0 aliphatic rings. The van der Waals surface area contributed by atoms with E-state index in [-0.39, 0.29) is 5.76 Å². The Kier molecular flexibility index (Phi) is 8.26. The van der Waals surface area contributed by atoms with E-state index in [1.54, 1.807) is 6.07 Å². The number of carbonyl (C=O) groups is 1. The zero-order chi connectivity index (χ0) is 14.8. The van der Waals surface area contributed by atoms with E-state index in [9.17, 15) is 9.00 Å². The first-order valence-electron chi connectivity index (χ1n) is 7.30. The summed E-state index contributed by atoms with van der Waals surface area (Å²) in [6, 6.07) is 2.99. The molecule has 1 aromatic rings. The fourth-order valence-corrected chi connectivity index (χ4v) is 3.16. The Labute approximate surface area is 123 Å². The van der Waals surface area contributed by atoms with Crippen molar-refractivity contribution in [2.45, 2.75) is 57.6 Å². The maximum Gasteiger partial charge on any atom is 0.371 e. The van der Waals surface area contributed by atoms with Crippen LogP contribution in [-0.4, -0.2) is 21.0 Å². The molecule has 1 rings (SSSR count). The van der Waals surface area contributed by atoms with Crippen molar-refractivity contribution in [1.29, 1.82) is 0 Å². The molecule has 0 saturated carbocycles. The summed E-state index contributed by atoms with van der Waals surface area (Å²) in [5.41, 5.74) is 0. The molecule has 1 unspecified atom stereocenters. The fraction of sp³-hybridized carbons (Fsp3) is 0.667. The van der Waals surface area contributed by atoms with Gasteiger partial charge in [-0.25, -0.2) is 4.79 Å². The predicted octanol–water partition coefficient (Wildman–Crippen LogP) is 3.98. The average Bonchev–Trinajstić information content (AvgIpc) is 2.86. The van der Waals surface area contributed by atoms with Crippen molar-refractivity contribution in [2.24, 2.45) is 0 Å². The molecule has 4 nitrogen and oxygen atoms in total. The van der Waals surface area contributed by atoms with E-state index < -0.39 is 16.8 Å². The van der Waals surface area contributed by atoms with E-state index in [2.05, 4.69) is 6.92 Å². The van der Waals surface area contributed by atoms with Crippen LogP contribution < -0.4 is 0 Å². The standard InChI is InChI=1S/C15H24O4S/c1-2-3-4-5-6-7-8-11-20(18)12-13-9-10-14(19-13)15(16)17/h9-10H,2-8,11-12H2,1H3,(H,16,17). The monoisotopic (exact) mass is 300 g/mol. The Hall–Kier alpha value is -1.10. The minimum Gasteiger partial charge on any atom is -0.475 e. The smallest absolute Gasteiger partial charge is 0.371 e. The maximum atomic E-state index is 11.8. The Morgan fingerprint density at radius 1 is 1.15 bits per heavy atom. The maximum absolute atomic E-state index is 11.8. The lowest BCUT2D eigenvalue weighted by atomic mass is 10.1. The van der Waals surface area contributed by atoms with Gasteiger partial charge in [0.05, 0.1) is 5.75 Å². The summed E-state index contributed by atoms with van der Waals surface area (Å²) in [5, 5.41) is 8.72. The Morgan fingerprint density at radius 3 is 2.40 bits per heavy atom. The molecule has 20 heavy (non-hydrogen) atoms. The summed E-state index contributed by atoms with van der Waals surface area (Å²) < 4.78 is 16.9. The lowest BCUT2D eigenvalue weighted by molar-refractivity contribution is 0.0661. The molecule has 0 aromatic carbocycles. The topological polar surface area (TPSA) is 67.5 Å². The van der Waals surface area contributed by atoms with Gasteiger partial charge in [0.1, 0.15) is 5.76 Å². The van der Waals surface area contributed by atoms with E-state index >= 15 is 0 Å². The van der Waals surface area contributed by atoms with Gasteiger partial charge in [0.25, 0.3) is 0 Å². The summed E-state index contributed by atoms with van der Waals surface area (Å²) in [4.78, 5) is 10.6. The van der Waals surface area contributed by atoms with Gasteiger partial charge < -0.3 is 9.52 Å². The van der Waals surface area contributed by atoms with Crippen molar-refractivity contribution >= 4 is 16.8 Å². The molecule has 0 aliphatic heterocycles. The number of hydrogen-bond acceptors (Lipinski definition) is 3. The molecule has 0 spiro atoms. The number of unbranched alkanes of at least 4 members (excludes halogenated alkanes) is 6. The lowest BCUT2D eigenvalue weighted by Gasteiger charge is -2.01. The number of carboxylic acids is 1. The summed E-state index contributed by atoms with van der Waals surface area (Å²) in [6.07, 6.45) is 8.41. The summed E-state index contributed by atoms with van der Waals surface area (Å²) in [5.74, 6) is 0.283. The van der Waals surface area contributed by atoms with E-state index in [0.29, 0.717) is 17.3 Å². The summed E-state index contributed by atoms with van der Waals surface area (Å²) in [6.45, 7) is 2.20. The van der Waals surface area contributed by atoms with Gasteiger partial charge in [0.2, 0.25) is 5.76 Å². The highest BCUT2D eigenvalue weighted by Gasteiger charge is 2.11. The van der Waals surface area contributed by atoms with E-state index in [1.165, 1.54) is 38.2 Å². The Balaban J connectivity index is 2.12. The minimum atomic E-state index is -1.09. The van der Waals surface area contributed by atoms with Crippen LogP contribution in [0.1, 0.15) is 68.2 Å². The van der Waals surface area contributed by atoms with Crippen molar-refractivity contribution in [3.05, 3.63) is 23.7 Å². The second kappa shape index (κ2) is 9.75. The zero-order valence-electron chi connectivity index (χ0n) is 12.1. The van der Waals surface area contributed by atoms with Gasteiger partial charge in [-0.2, -0.15) is 0 Å². The van der Waals surface area contributed by atoms with Gasteiger partial charge in [-0.15, -0.1) is 0 Å². The molecule has 0 bridgehead atoms. The van der Waals surface area contributed by atoms with E-state index in [0.717, 1.165) is 12.8 Å². The van der Waals surface area contributed by atoms with E-state index in [4.69, 9.17) is 9.52 Å². The first kappa shape index (κ1) is 17.0. The molecule has 1 heterocycles. The zero-order valence-corrected chi connectivity index (χ0v) is 12.9. The first-order chi connectivity index (χ1) is 9.63. The highest BCUT2D eigenvalue weighted by molar-refractivity contribution is 7.84. The number of carboxylic acid groups (broad SMARTS) is 1. The normalized spacial score (nSPS) is 12.4. The van der Waals surface area contributed by atoms with Crippen molar-refractivity contribution in [3.63, 3.8) is 0 Å². The van der Waals surface area contributed by atoms with Crippen molar-refractivity contribution < 1.29 is 18.5 Å². The van der Waals surface area contributed by atoms with Gasteiger partial charge in [-0.3, -0.25) is 4.21 Å². The molecule has 114 valence electrons. The van der Waals surface area contributed by atoms with Gasteiger partial charge in [-0.1, -0.05) is 45.4 Å². The van der Waals surface area contributed by atoms with Crippen molar-refractivity contribution in [3.8, 4) is 0 Å². The molecule has 1 atom stereocenters. The fourth-order valence-electron chi connectivity index (χ4n) is 2.02. The third kappa shape index (κ3) is 6.89. The van der Waals surface area contributed by atoms with Crippen LogP contribution >= 0.6 is 0 Å². The molecule has 0 aliphatic carbocycles. The molecule has 0 saturated heterocycles. The van der Waals surface area contributed by atoms with Crippen LogP contribution in [0.15, 0.2) is 16.5 Å². The average molecular weight is 300 g/mol. The van der Waals surface area contributed by atoms with Gasteiger partial charge >= 0.3 is 5.97 Å². The molecule has 5 heteroatoms. The van der Waals surface area contributed by atoms with Gasteiger partial charge in [0.15, 0.2) is 0 Å². The summed E-state index contributed by atoms with van der Waals surface area (Å²) in [7, 11) is -0.966. The molecule has 1 N–H and O–H groups in total. The molecule has 1 aromatic heterocycles. The van der Waals surface area contributed by atoms with Gasteiger partial charge in [-0.05, 0) is 18.6 Å². The lowest BCUT2D eigenvalue weighted by Crippen LogP contribution is -2.00. The van der Waals surface area contributed by atoms with Crippen molar-refractivity contribution in [1.82, 2.24) is 0 Å².